The van der Waals surface area contributed by atoms with Gasteiger partial charge in [0.1, 0.15) is 18.3 Å². The first-order valence-corrected chi connectivity index (χ1v) is 6.16. The fraction of sp³-hybridized carbons (Fsp3) is 0.778. The third kappa shape index (κ3) is 2.45. The van der Waals surface area contributed by atoms with Crippen LogP contribution in [0.1, 0.15) is 6.42 Å². The van der Waals surface area contributed by atoms with Crippen molar-refractivity contribution in [2.24, 2.45) is 0 Å². The molecule has 3 nitrogen and oxygen atoms in total. The van der Waals surface area contributed by atoms with E-state index in [0.29, 0.717) is 22.5 Å². The van der Waals surface area contributed by atoms with Crippen molar-refractivity contribution in [2.45, 2.75) is 12.5 Å². The molecule has 0 aliphatic carbocycles. The summed E-state index contributed by atoms with van der Waals surface area (Å²) in [5, 5.41) is 0. The Labute approximate surface area is 80.2 Å². The van der Waals surface area contributed by atoms with Crippen molar-refractivity contribution in [3.05, 3.63) is 0 Å². The molecule has 0 unspecified atom stereocenters. The quantitative estimate of drug-likeness (QED) is 0.462. The molecule has 0 aromatic rings. The zero-order chi connectivity index (χ0) is 10.1. The van der Waals surface area contributed by atoms with E-state index in [1.165, 1.54) is 0 Å². The Balaban J connectivity index is 2.72. The van der Waals surface area contributed by atoms with E-state index in [-0.39, 0.29) is 6.04 Å². The summed E-state index contributed by atoms with van der Waals surface area (Å²) in [5.41, 5.74) is 0. The van der Waals surface area contributed by atoms with Gasteiger partial charge in [-0.1, -0.05) is 0 Å². The van der Waals surface area contributed by atoms with Gasteiger partial charge < -0.3 is 4.48 Å². The zero-order valence-electron chi connectivity index (χ0n) is 8.16. The molecule has 13 heavy (non-hydrogen) atoms. The van der Waals surface area contributed by atoms with E-state index < -0.39 is 9.84 Å². The van der Waals surface area contributed by atoms with Gasteiger partial charge in [-0.2, -0.15) is 0 Å². The van der Waals surface area contributed by atoms with Gasteiger partial charge in [-0.3, -0.25) is 0 Å². The maximum Gasteiger partial charge on any atom is 0.156 e. The maximum absolute atomic E-state index is 11.2. The number of sulfone groups is 1. The number of hydrogen-bond acceptors (Lipinski definition) is 2. The van der Waals surface area contributed by atoms with E-state index in [4.69, 9.17) is 6.42 Å². The molecule has 4 heteroatoms. The topological polar surface area (TPSA) is 34.1 Å². The second-order valence-electron chi connectivity index (χ2n) is 4.20. The Bertz CT molecular complexity index is 324. The SMILES string of the molecule is C#CC[N+](C)(C)[C@@H]1CCS(=O)(=O)C1. The Morgan fingerprint density at radius 1 is 1.54 bits per heavy atom. The Kier molecular flexibility index (Phi) is 2.69. The lowest BCUT2D eigenvalue weighted by Gasteiger charge is -2.33. The lowest BCUT2D eigenvalue weighted by atomic mass is 10.2. The molecule has 1 atom stereocenters. The van der Waals surface area contributed by atoms with Gasteiger partial charge in [0, 0.05) is 6.42 Å². The Morgan fingerprint density at radius 3 is 2.54 bits per heavy atom. The summed E-state index contributed by atoms with van der Waals surface area (Å²) in [5.74, 6) is 3.21. The van der Waals surface area contributed by atoms with Crippen molar-refractivity contribution in [3.8, 4) is 12.3 Å². The third-order valence-corrected chi connectivity index (χ3v) is 4.45. The molecule has 1 fully saturated rings. The van der Waals surface area contributed by atoms with Crippen LogP contribution < -0.4 is 0 Å². The molecule has 1 rings (SSSR count). The molecule has 0 aromatic carbocycles. The Morgan fingerprint density at radius 2 is 2.15 bits per heavy atom. The first kappa shape index (κ1) is 10.6. The highest BCUT2D eigenvalue weighted by Crippen LogP contribution is 2.20. The molecule has 0 aromatic heterocycles. The zero-order valence-corrected chi connectivity index (χ0v) is 8.97. The number of hydrogen-bond donors (Lipinski definition) is 0. The molecule has 0 radical (unpaired) electrons. The molecule has 1 heterocycles. The lowest BCUT2D eigenvalue weighted by Crippen LogP contribution is -2.49. The molecule has 0 bridgehead atoms. The van der Waals surface area contributed by atoms with Gasteiger partial charge in [0.2, 0.25) is 0 Å². The normalized spacial score (nSPS) is 27.0. The fourth-order valence-corrected chi connectivity index (χ4v) is 3.65. The molecule has 1 aliphatic heterocycles. The molecule has 0 saturated carbocycles. The first-order valence-electron chi connectivity index (χ1n) is 4.34. The molecule has 1 aliphatic rings. The van der Waals surface area contributed by atoms with Crippen LogP contribution in [0.2, 0.25) is 0 Å². The molecule has 0 amide bonds. The second kappa shape index (κ2) is 3.32. The van der Waals surface area contributed by atoms with Crippen molar-refractivity contribution < 1.29 is 12.9 Å². The van der Waals surface area contributed by atoms with Crippen LogP contribution in [0.25, 0.3) is 0 Å². The summed E-state index contributed by atoms with van der Waals surface area (Å²) in [6.45, 7) is 0.597. The van der Waals surface area contributed by atoms with Gasteiger partial charge >= 0.3 is 0 Å². The molecule has 0 N–H and O–H groups in total. The fourth-order valence-electron chi connectivity index (χ4n) is 1.69. The number of quaternary nitrogens is 1. The van der Waals surface area contributed by atoms with Crippen molar-refractivity contribution >= 4 is 9.84 Å². The van der Waals surface area contributed by atoms with Crippen LogP contribution >= 0.6 is 0 Å². The molecule has 74 valence electrons. The van der Waals surface area contributed by atoms with Crippen LogP contribution in [0.3, 0.4) is 0 Å². The highest BCUT2D eigenvalue weighted by Gasteiger charge is 2.38. The molecule has 0 spiro atoms. The monoisotopic (exact) mass is 202 g/mol. The molecular weight excluding hydrogens is 186 g/mol. The maximum atomic E-state index is 11.2. The van der Waals surface area contributed by atoms with Crippen LogP contribution in [0, 0.1) is 12.3 Å². The third-order valence-electron chi connectivity index (χ3n) is 2.70. The van der Waals surface area contributed by atoms with E-state index in [1.54, 1.807) is 0 Å². The predicted molar refractivity (Wildman–Crippen MR) is 52.9 cm³/mol. The summed E-state index contributed by atoms with van der Waals surface area (Å²) >= 11 is 0. The Hall–Kier alpha value is -0.530. The number of rotatable bonds is 2. The van der Waals surface area contributed by atoms with E-state index >= 15 is 0 Å². The standard InChI is InChI=1S/C9H16NO2S/c1-4-6-10(2,3)9-5-7-13(11,12)8-9/h1,9H,5-8H2,2-3H3/q+1/t9-/m1/s1. The van der Waals surface area contributed by atoms with Gasteiger partial charge in [-0.15, -0.1) is 6.42 Å². The van der Waals surface area contributed by atoms with Crippen LogP contribution in [-0.4, -0.2) is 51.1 Å². The highest BCUT2D eigenvalue weighted by molar-refractivity contribution is 7.91. The van der Waals surface area contributed by atoms with Gasteiger partial charge in [-0.05, 0) is 5.92 Å². The minimum absolute atomic E-state index is 0.182. The van der Waals surface area contributed by atoms with Crippen LogP contribution in [0.4, 0.5) is 0 Å². The van der Waals surface area contributed by atoms with Crippen LogP contribution in [0.15, 0.2) is 0 Å². The summed E-state index contributed by atoms with van der Waals surface area (Å²) in [6.07, 6.45) is 5.98. The molecular formula is C9H16NO2S+. The highest BCUT2D eigenvalue weighted by atomic mass is 32.2. The van der Waals surface area contributed by atoms with E-state index in [1.807, 2.05) is 14.1 Å². The van der Waals surface area contributed by atoms with Gasteiger partial charge in [0.15, 0.2) is 9.84 Å². The van der Waals surface area contributed by atoms with Crippen molar-refractivity contribution in [2.75, 3.05) is 32.1 Å². The summed E-state index contributed by atoms with van der Waals surface area (Å²) in [7, 11) is 1.20. The van der Waals surface area contributed by atoms with E-state index in [0.717, 1.165) is 6.42 Å². The van der Waals surface area contributed by atoms with E-state index in [9.17, 15) is 8.42 Å². The number of terminal acetylenes is 1. The van der Waals surface area contributed by atoms with Gasteiger partial charge in [0.05, 0.1) is 19.8 Å². The van der Waals surface area contributed by atoms with Crippen LogP contribution in [-0.2, 0) is 9.84 Å². The second-order valence-corrected chi connectivity index (χ2v) is 6.43. The minimum atomic E-state index is -2.78. The van der Waals surface area contributed by atoms with E-state index in [2.05, 4.69) is 5.92 Å². The van der Waals surface area contributed by atoms with Crippen LogP contribution in [0.5, 0.6) is 0 Å². The van der Waals surface area contributed by atoms with Crippen molar-refractivity contribution in [3.63, 3.8) is 0 Å². The minimum Gasteiger partial charge on any atom is -0.315 e. The average Bonchev–Trinajstić information content (AvgIpc) is 2.30. The van der Waals surface area contributed by atoms with Crippen molar-refractivity contribution in [1.29, 1.82) is 0 Å². The largest absolute Gasteiger partial charge is 0.315 e. The predicted octanol–water partition coefficient (Wildman–Crippen LogP) is -0.117. The summed E-state index contributed by atoms with van der Waals surface area (Å²) in [4.78, 5) is 0. The molecule has 1 saturated heterocycles. The summed E-state index contributed by atoms with van der Waals surface area (Å²) in [6, 6.07) is 0.182. The first-order chi connectivity index (χ1) is 5.87. The summed E-state index contributed by atoms with van der Waals surface area (Å²) < 4.78 is 23.1. The van der Waals surface area contributed by atoms with Crippen molar-refractivity contribution in [1.82, 2.24) is 0 Å². The average molecular weight is 202 g/mol. The van der Waals surface area contributed by atoms with Gasteiger partial charge in [0.25, 0.3) is 0 Å². The number of nitrogens with zero attached hydrogens (tertiary/aromatic N) is 1. The van der Waals surface area contributed by atoms with Gasteiger partial charge in [-0.25, -0.2) is 8.42 Å². The smallest absolute Gasteiger partial charge is 0.156 e. The lowest BCUT2D eigenvalue weighted by molar-refractivity contribution is -0.905.